The molecule has 0 saturated heterocycles. The Hall–Kier alpha value is -1.35. The van der Waals surface area contributed by atoms with E-state index in [4.69, 9.17) is 5.73 Å². The van der Waals surface area contributed by atoms with Crippen molar-refractivity contribution in [3.8, 4) is 0 Å². The van der Waals surface area contributed by atoms with Crippen LogP contribution in [0.3, 0.4) is 0 Å². The summed E-state index contributed by atoms with van der Waals surface area (Å²) in [6.07, 6.45) is 0. The van der Waals surface area contributed by atoms with Crippen LogP contribution in [0.4, 0.5) is 0 Å². The minimum atomic E-state index is -0.127. The fourth-order valence-electron chi connectivity index (χ4n) is 0.900. The molecule has 0 atom stereocenters. The molecule has 0 aliphatic rings. The number of carbonyl (C=O) groups excluding carboxylic acids is 1. The average molecular weight is 164 g/mol. The van der Waals surface area contributed by atoms with Crippen molar-refractivity contribution in [3.63, 3.8) is 0 Å². The number of hydrogen-bond acceptors (Lipinski definition) is 2. The summed E-state index contributed by atoms with van der Waals surface area (Å²) in [7, 11) is 0. The molecule has 0 unspecified atom stereocenters. The maximum atomic E-state index is 11.2. The third-order valence-electron chi connectivity index (χ3n) is 1.58. The third-order valence-corrected chi connectivity index (χ3v) is 1.58. The van der Waals surface area contributed by atoms with Crippen LogP contribution in [0.1, 0.15) is 15.9 Å². The molecule has 64 valence electrons. The molecule has 1 aromatic carbocycles. The molecule has 0 spiro atoms. The lowest BCUT2D eigenvalue weighted by Crippen LogP contribution is -2.29. The molecule has 0 aliphatic carbocycles. The number of nitrogens with one attached hydrogen (secondary N) is 1. The van der Waals surface area contributed by atoms with Crippen molar-refractivity contribution < 1.29 is 4.79 Å². The lowest BCUT2D eigenvalue weighted by atomic mass is 10.1. The largest absolute Gasteiger partial charge is 0.340 e. The van der Waals surface area contributed by atoms with Gasteiger partial charge >= 0.3 is 0 Å². The van der Waals surface area contributed by atoms with Gasteiger partial charge in [-0.3, -0.25) is 4.79 Å². The highest BCUT2D eigenvalue weighted by Gasteiger charge is 2.01. The van der Waals surface area contributed by atoms with E-state index in [-0.39, 0.29) is 12.6 Å². The van der Waals surface area contributed by atoms with Crippen LogP contribution in [0.25, 0.3) is 0 Å². The van der Waals surface area contributed by atoms with Crippen molar-refractivity contribution in [2.24, 2.45) is 5.73 Å². The molecule has 0 saturated carbocycles. The van der Waals surface area contributed by atoms with E-state index in [9.17, 15) is 4.79 Å². The molecule has 0 heterocycles. The number of aryl methyl sites for hydroxylation is 1. The summed E-state index contributed by atoms with van der Waals surface area (Å²) in [6.45, 7) is 2.15. The van der Waals surface area contributed by atoms with Gasteiger partial charge in [0, 0.05) is 5.56 Å². The summed E-state index contributed by atoms with van der Waals surface area (Å²) in [6, 6.07) is 7.34. The molecule has 0 bridgehead atoms. The summed E-state index contributed by atoms with van der Waals surface area (Å²) >= 11 is 0. The molecular formula is C9H12N2O. The van der Waals surface area contributed by atoms with Gasteiger partial charge in [-0.1, -0.05) is 17.7 Å². The summed E-state index contributed by atoms with van der Waals surface area (Å²) in [4.78, 5) is 11.2. The molecule has 12 heavy (non-hydrogen) atoms. The number of benzene rings is 1. The molecule has 3 heteroatoms. The van der Waals surface area contributed by atoms with E-state index in [1.807, 2.05) is 19.1 Å². The van der Waals surface area contributed by atoms with Gasteiger partial charge in [-0.15, -0.1) is 0 Å². The van der Waals surface area contributed by atoms with E-state index in [1.54, 1.807) is 12.1 Å². The van der Waals surface area contributed by atoms with Crippen molar-refractivity contribution in [1.29, 1.82) is 0 Å². The molecular weight excluding hydrogens is 152 g/mol. The molecule has 0 aromatic heterocycles. The van der Waals surface area contributed by atoms with Gasteiger partial charge in [-0.2, -0.15) is 0 Å². The minimum absolute atomic E-state index is 0.127. The van der Waals surface area contributed by atoms with Gasteiger partial charge in [0.2, 0.25) is 0 Å². The molecule has 3 nitrogen and oxygen atoms in total. The maximum Gasteiger partial charge on any atom is 0.252 e. The van der Waals surface area contributed by atoms with Crippen LogP contribution in [0.15, 0.2) is 24.3 Å². The summed E-state index contributed by atoms with van der Waals surface area (Å²) < 4.78 is 0. The average Bonchev–Trinajstić information content (AvgIpc) is 2.06. The quantitative estimate of drug-likeness (QED) is 0.630. The van der Waals surface area contributed by atoms with Crippen LogP contribution in [-0.4, -0.2) is 12.6 Å². The lowest BCUT2D eigenvalue weighted by Gasteiger charge is -2.01. The van der Waals surface area contributed by atoms with Crippen LogP contribution in [0.2, 0.25) is 0 Å². The Balaban J connectivity index is 2.75. The van der Waals surface area contributed by atoms with Crippen LogP contribution in [0, 0.1) is 6.92 Å². The van der Waals surface area contributed by atoms with Gasteiger partial charge in [-0.05, 0) is 19.1 Å². The van der Waals surface area contributed by atoms with E-state index in [1.165, 1.54) is 0 Å². The topological polar surface area (TPSA) is 55.1 Å². The SMILES string of the molecule is Cc1ccc(C(=O)NCN)cc1. The van der Waals surface area contributed by atoms with E-state index in [0.29, 0.717) is 5.56 Å². The Morgan fingerprint density at radius 2 is 2.00 bits per heavy atom. The number of amides is 1. The Morgan fingerprint density at radius 1 is 1.42 bits per heavy atom. The van der Waals surface area contributed by atoms with Crippen molar-refractivity contribution in [3.05, 3.63) is 35.4 Å². The van der Waals surface area contributed by atoms with Crippen molar-refractivity contribution in [2.75, 3.05) is 6.67 Å². The first-order valence-corrected chi connectivity index (χ1v) is 3.79. The molecule has 0 aliphatic heterocycles. The minimum Gasteiger partial charge on any atom is -0.340 e. The van der Waals surface area contributed by atoms with Gasteiger partial charge in [0.05, 0.1) is 6.67 Å². The normalized spacial score (nSPS) is 9.50. The predicted octanol–water partition coefficient (Wildman–Crippen LogP) is 0.641. The molecule has 0 fully saturated rings. The zero-order valence-corrected chi connectivity index (χ0v) is 7.00. The summed E-state index contributed by atoms with van der Waals surface area (Å²) in [5, 5.41) is 2.52. The number of carbonyl (C=O) groups is 1. The van der Waals surface area contributed by atoms with Crippen LogP contribution >= 0.6 is 0 Å². The first kappa shape index (κ1) is 8.74. The van der Waals surface area contributed by atoms with Gasteiger partial charge in [0.25, 0.3) is 5.91 Å². The van der Waals surface area contributed by atoms with Gasteiger partial charge in [-0.25, -0.2) is 0 Å². The first-order valence-electron chi connectivity index (χ1n) is 3.79. The number of rotatable bonds is 2. The number of nitrogens with two attached hydrogens (primary N) is 1. The Bertz CT molecular complexity index is 266. The van der Waals surface area contributed by atoms with Crippen molar-refractivity contribution >= 4 is 5.91 Å². The fourth-order valence-corrected chi connectivity index (χ4v) is 0.900. The second-order valence-corrected chi connectivity index (χ2v) is 2.58. The smallest absolute Gasteiger partial charge is 0.252 e. The third kappa shape index (κ3) is 2.07. The molecule has 0 radical (unpaired) electrons. The summed E-state index contributed by atoms with van der Waals surface area (Å²) in [5.74, 6) is -0.127. The molecule has 3 N–H and O–H groups in total. The van der Waals surface area contributed by atoms with Gasteiger partial charge in [0.1, 0.15) is 0 Å². The van der Waals surface area contributed by atoms with E-state index in [2.05, 4.69) is 5.32 Å². The molecule has 1 amide bonds. The van der Waals surface area contributed by atoms with Crippen molar-refractivity contribution in [1.82, 2.24) is 5.32 Å². The van der Waals surface area contributed by atoms with E-state index in [0.717, 1.165) is 5.56 Å². The summed E-state index contributed by atoms with van der Waals surface area (Å²) in [5.41, 5.74) is 6.95. The second-order valence-electron chi connectivity index (χ2n) is 2.58. The highest BCUT2D eigenvalue weighted by Crippen LogP contribution is 2.01. The lowest BCUT2D eigenvalue weighted by molar-refractivity contribution is 0.0955. The van der Waals surface area contributed by atoms with Gasteiger partial charge in [0.15, 0.2) is 0 Å². The van der Waals surface area contributed by atoms with Crippen LogP contribution < -0.4 is 11.1 Å². The standard InChI is InChI=1S/C9H12N2O/c1-7-2-4-8(5-3-7)9(12)11-6-10/h2-5H,6,10H2,1H3,(H,11,12). The zero-order valence-electron chi connectivity index (χ0n) is 7.00. The predicted molar refractivity (Wildman–Crippen MR) is 47.7 cm³/mol. The highest BCUT2D eigenvalue weighted by molar-refractivity contribution is 5.94. The Kier molecular flexibility index (Phi) is 2.82. The first-order chi connectivity index (χ1) is 5.74. The maximum absolute atomic E-state index is 11.2. The second kappa shape index (κ2) is 3.88. The van der Waals surface area contributed by atoms with Crippen LogP contribution in [0.5, 0.6) is 0 Å². The Morgan fingerprint density at radius 3 is 2.50 bits per heavy atom. The molecule has 1 rings (SSSR count). The highest BCUT2D eigenvalue weighted by atomic mass is 16.1. The number of hydrogen-bond donors (Lipinski definition) is 2. The van der Waals surface area contributed by atoms with E-state index >= 15 is 0 Å². The fraction of sp³-hybridized carbons (Fsp3) is 0.222. The van der Waals surface area contributed by atoms with E-state index < -0.39 is 0 Å². The molecule has 1 aromatic rings. The van der Waals surface area contributed by atoms with Gasteiger partial charge < -0.3 is 11.1 Å². The van der Waals surface area contributed by atoms with Crippen LogP contribution in [-0.2, 0) is 0 Å². The van der Waals surface area contributed by atoms with Crippen molar-refractivity contribution in [2.45, 2.75) is 6.92 Å². The zero-order chi connectivity index (χ0) is 8.97. The monoisotopic (exact) mass is 164 g/mol. The Labute approximate surface area is 71.6 Å².